The third kappa shape index (κ3) is 4.71. The summed E-state index contributed by atoms with van der Waals surface area (Å²) in [5.41, 5.74) is 4.12. The minimum atomic E-state index is -1.10. The largest absolute Gasteiger partial charge is 0.394 e. The molecule has 0 saturated carbocycles. The van der Waals surface area contributed by atoms with Crippen LogP contribution in [0.25, 0.3) is 16.7 Å². The third-order valence-corrected chi connectivity index (χ3v) is 7.49. The Hall–Kier alpha value is -3.89. The van der Waals surface area contributed by atoms with Crippen molar-refractivity contribution >= 4 is 39.9 Å². The second-order valence-corrected chi connectivity index (χ2v) is 10.3. The van der Waals surface area contributed by atoms with Gasteiger partial charge in [0.25, 0.3) is 5.78 Å². The molecule has 0 spiro atoms. The molecular formula is C29H25Cl2N7O2. The van der Waals surface area contributed by atoms with E-state index in [0.29, 0.717) is 22.2 Å². The second kappa shape index (κ2) is 10.9. The van der Waals surface area contributed by atoms with E-state index in [9.17, 15) is 5.11 Å². The average molecular weight is 574 g/mol. The topological polar surface area (TPSA) is 103 Å². The quantitative estimate of drug-likeness (QED) is 0.265. The zero-order chi connectivity index (χ0) is 27.7. The van der Waals surface area contributed by atoms with E-state index in [1.807, 2.05) is 72.3 Å². The molecule has 1 unspecified atom stereocenters. The molecule has 0 radical (unpaired) electrons. The molecule has 6 aromatic rings. The summed E-state index contributed by atoms with van der Waals surface area (Å²) in [4.78, 5) is 9.22. The number of fused-ring (bicyclic) bond motifs is 3. The van der Waals surface area contributed by atoms with Crippen molar-refractivity contribution in [3.05, 3.63) is 117 Å². The van der Waals surface area contributed by atoms with Gasteiger partial charge in [-0.25, -0.2) is 9.97 Å². The number of rotatable bonds is 9. The number of halogens is 2. The van der Waals surface area contributed by atoms with Crippen molar-refractivity contribution < 1.29 is 9.84 Å². The molecule has 0 saturated heterocycles. The summed E-state index contributed by atoms with van der Waals surface area (Å²) < 4.78 is 10.1. The maximum absolute atomic E-state index is 9.83. The molecule has 9 nitrogen and oxygen atoms in total. The highest BCUT2D eigenvalue weighted by molar-refractivity contribution is 6.30. The van der Waals surface area contributed by atoms with E-state index in [1.165, 1.54) is 0 Å². The number of tetrazole rings is 1. The van der Waals surface area contributed by atoms with Crippen LogP contribution in [0.15, 0.2) is 79.3 Å². The summed E-state index contributed by atoms with van der Waals surface area (Å²) in [5, 5.41) is 24.1. The highest BCUT2D eigenvalue weighted by Gasteiger charge is 2.40. The van der Waals surface area contributed by atoms with E-state index in [4.69, 9.17) is 32.9 Å². The Labute approximate surface area is 240 Å². The molecule has 0 aliphatic carbocycles. The van der Waals surface area contributed by atoms with Gasteiger partial charge in [-0.05, 0) is 76.4 Å². The van der Waals surface area contributed by atoms with Gasteiger partial charge in [0.15, 0.2) is 5.60 Å². The van der Waals surface area contributed by atoms with Crippen molar-refractivity contribution in [3.8, 4) is 0 Å². The number of nitrogens with zero attached hydrogens (tertiary/aromatic N) is 7. The van der Waals surface area contributed by atoms with Crippen LogP contribution < -0.4 is 0 Å². The number of aromatic nitrogens is 7. The lowest BCUT2D eigenvalue weighted by atomic mass is 9.82. The Morgan fingerprint density at radius 3 is 2.52 bits per heavy atom. The Morgan fingerprint density at radius 1 is 0.950 bits per heavy atom. The average Bonchev–Trinajstić information content (AvgIpc) is 3.62. The van der Waals surface area contributed by atoms with Gasteiger partial charge in [-0.1, -0.05) is 58.6 Å². The van der Waals surface area contributed by atoms with Crippen molar-refractivity contribution in [2.75, 3.05) is 13.2 Å². The maximum atomic E-state index is 9.83. The molecule has 1 atom stereocenters. The van der Waals surface area contributed by atoms with Crippen molar-refractivity contribution in [2.45, 2.75) is 18.4 Å². The number of imidazole rings is 1. The first kappa shape index (κ1) is 26.3. The molecule has 11 heteroatoms. The third-order valence-electron chi connectivity index (χ3n) is 7.01. The van der Waals surface area contributed by atoms with E-state index in [0.717, 1.165) is 45.4 Å². The van der Waals surface area contributed by atoms with Gasteiger partial charge in [0, 0.05) is 22.5 Å². The van der Waals surface area contributed by atoms with E-state index >= 15 is 0 Å². The summed E-state index contributed by atoms with van der Waals surface area (Å²) in [6, 6.07) is 21.4. The number of hydrogen-bond donors (Lipinski definition) is 1. The first-order valence-electron chi connectivity index (χ1n) is 12.7. The van der Waals surface area contributed by atoms with Crippen molar-refractivity contribution in [1.82, 2.24) is 34.6 Å². The van der Waals surface area contributed by atoms with Crippen LogP contribution in [0.1, 0.15) is 28.1 Å². The molecule has 3 heterocycles. The van der Waals surface area contributed by atoms with Crippen LogP contribution in [0.3, 0.4) is 0 Å². The number of benzene rings is 3. The van der Waals surface area contributed by atoms with Crippen LogP contribution in [0, 0.1) is 0 Å². The minimum absolute atomic E-state index is 0.0950. The Balaban J connectivity index is 1.58. The van der Waals surface area contributed by atoms with Crippen LogP contribution in [0.4, 0.5) is 0 Å². The molecule has 3 aromatic carbocycles. The molecule has 40 heavy (non-hydrogen) atoms. The monoisotopic (exact) mass is 573 g/mol. The molecule has 0 bridgehead atoms. The standard InChI is InChI=1S/C29H25Cl2N7O2/c1-37-18-32-17-27(37)29(40-14-13-39,20-6-9-22(30)10-7-20)21-8-12-26-24(16-21)25(33-28-34-35-36-38(26)28)11-5-19-3-2-4-23(31)15-19/h2-4,6-10,12,15-18,39H,5,11,13-14H2,1H3. The van der Waals surface area contributed by atoms with Crippen molar-refractivity contribution in [1.29, 1.82) is 0 Å². The van der Waals surface area contributed by atoms with Gasteiger partial charge >= 0.3 is 0 Å². The first-order chi connectivity index (χ1) is 19.5. The second-order valence-electron chi connectivity index (χ2n) is 9.46. The number of aliphatic hydroxyl groups is 1. The summed E-state index contributed by atoms with van der Waals surface area (Å²) in [6.45, 7) is -0.0593. The van der Waals surface area contributed by atoms with Gasteiger partial charge in [-0.3, -0.25) is 0 Å². The predicted molar refractivity (Wildman–Crippen MR) is 153 cm³/mol. The number of ether oxygens (including phenoxy) is 1. The number of aryl methyl sites for hydroxylation is 3. The fourth-order valence-corrected chi connectivity index (χ4v) is 5.53. The minimum Gasteiger partial charge on any atom is -0.394 e. The Bertz CT molecular complexity index is 1800. The molecule has 3 aromatic heterocycles. The summed E-state index contributed by atoms with van der Waals surface area (Å²) >= 11 is 12.5. The van der Waals surface area contributed by atoms with Gasteiger partial charge in [-0.15, -0.1) is 0 Å². The van der Waals surface area contributed by atoms with E-state index in [1.54, 1.807) is 17.0 Å². The highest BCUT2D eigenvalue weighted by Crippen LogP contribution is 2.42. The first-order valence-corrected chi connectivity index (χ1v) is 13.5. The molecule has 0 amide bonds. The van der Waals surface area contributed by atoms with Gasteiger partial charge in [-0.2, -0.15) is 4.52 Å². The normalized spacial score (nSPS) is 13.2. The molecular weight excluding hydrogens is 549 g/mol. The van der Waals surface area contributed by atoms with Gasteiger partial charge in [0.05, 0.1) is 42.6 Å². The van der Waals surface area contributed by atoms with Crippen LogP contribution in [0.2, 0.25) is 10.0 Å². The molecule has 6 rings (SSSR count). The molecule has 202 valence electrons. The molecule has 1 N–H and O–H groups in total. The van der Waals surface area contributed by atoms with Gasteiger partial charge < -0.3 is 14.4 Å². The summed E-state index contributed by atoms with van der Waals surface area (Å²) in [5.74, 6) is 0.425. The fourth-order valence-electron chi connectivity index (χ4n) is 5.19. The zero-order valence-corrected chi connectivity index (χ0v) is 23.1. The lowest BCUT2D eigenvalue weighted by molar-refractivity contribution is -0.0106. The van der Waals surface area contributed by atoms with Crippen LogP contribution >= 0.6 is 23.2 Å². The molecule has 0 fully saturated rings. The summed E-state index contributed by atoms with van der Waals surface area (Å²) in [7, 11) is 1.92. The van der Waals surface area contributed by atoms with E-state index < -0.39 is 5.60 Å². The van der Waals surface area contributed by atoms with Gasteiger partial charge in [0.2, 0.25) is 0 Å². The summed E-state index contributed by atoms with van der Waals surface area (Å²) in [6.07, 6.45) is 4.88. The molecule has 0 aliphatic rings. The number of hydrogen-bond acceptors (Lipinski definition) is 7. The van der Waals surface area contributed by atoms with Crippen LogP contribution in [-0.4, -0.2) is 52.9 Å². The van der Waals surface area contributed by atoms with Crippen LogP contribution in [0.5, 0.6) is 0 Å². The zero-order valence-electron chi connectivity index (χ0n) is 21.6. The highest BCUT2D eigenvalue weighted by atomic mass is 35.5. The van der Waals surface area contributed by atoms with Crippen molar-refractivity contribution in [2.24, 2.45) is 7.05 Å². The fraction of sp³-hybridized carbons (Fsp3) is 0.207. The SMILES string of the molecule is Cn1cncc1C(OCCO)(c1ccc(Cl)cc1)c1ccc2c(c1)c(CCc1cccc(Cl)c1)nc1nnnn12. The predicted octanol–water partition coefficient (Wildman–Crippen LogP) is 4.80. The lowest BCUT2D eigenvalue weighted by Crippen LogP contribution is -2.36. The smallest absolute Gasteiger partial charge is 0.274 e. The van der Waals surface area contributed by atoms with E-state index in [2.05, 4.69) is 26.6 Å². The van der Waals surface area contributed by atoms with E-state index in [-0.39, 0.29) is 13.2 Å². The maximum Gasteiger partial charge on any atom is 0.274 e. The molecule has 0 aliphatic heterocycles. The Morgan fingerprint density at radius 2 is 1.77 bits per heavy atom. The van der Waals surface area contributed by atoms with Crippen LogP contribution in [-0.2, 0) is 30.2 Å². The number of aliphatic hydroxyl groups excluding tert-OH is 1. The van der Waals surface area contributed by atoms with Crippen molar-refractivity contribution in [3.63, 3.8) is 0 Å². The lowest BCUT2D eigenvalue weighted by Gasteiger charge is -2.35. The Kier molecular flexibility index (Phi) is 7.20. The van der Waals surface area contributed by atoms with Gasteiger partial charge in [0.1, 0.15) is 0 Å².